The number of nitrogens with zero attached hydrogens (tertiary/aromatic N) is 4. The maximum absolute atomic E-state index is 11.9. The van der Waals surface area contributed by atoms with Crippen LogP contribution in [0.25, 0.3) is 11.0 Å². The fourth-order valence-electron chi connectivity index (χ4n) is 4.90. The number of hydrogen-bond donors (Lipinski definition) is 0. The molecule has 29 heavy (non-hydrogen) atoms. The first-order valence-electron chi connectivity index (χ1n) is 10.7. The number of imidazole rings is 1. The van der Waals surface area contributed by atoms with E-state index in [9.17, 15) is 4.79 Å². The van der Waals surface area contributed by atoms with Gasteiger partial charge in [0.15, 0.2) is 0 Å². The highest BCUT2D eigenvalue weighted by Crippen LogP contribution is 2.29. The van der Waals surface area contributed by atoms with Gasteiger partial charge in [-0.05, 0) is 55.6 Å². The number of fused-ring (bicyclic) bond motifs is 1. The third kappa shape index (κ3) is 3.55. The van der Waals surface area contributed by atoms with Crippen molar-refractivity contribution in [2.45, 2.75) is 38.1 Å². The third-order valence-electron chi connectivity index (χ3n) is 6.42. The molecule has 5 nitrogen and oxygen atoms in total. The minimum absolute atomic E-state index is 0.249. The average Bonchev–Trinajstić information content (AvgIpc) is 3.32. The molecule has 3 aromatic rings. The Morgan fingerprint density at radius 2 is 1.86 bits per heavy atom. The number of amides is 1. The number of benzene rings is 2. The van der Waals surface area contributed by atoms with Crippen LogP contribution in [0.1, 0.15) is 43.0 Å². The zero-order valence-corrected chi connectivity index (χ0v) is 17.1. The number of aromatic nitrogens is 2. The molecule has 1 unspecified atom stereocenters. The fraction of sp³-hybridized carbons (Fsp3) is 0.417. The first kappa shape index (κ1) is 18.4. The van der Waals surface area contributed by atoms with E-state index in [1.54, 1.807) is 0 Å². The lowest BCUT2D eigenvalue weighted by atomic mass is 9.96. The summed E-state index contributed by atoms with van der Waals surface area (Å²) in [6.07, 6.45) is 4.05. The predicted molar refractivity (Wildman–Crippen MR) is 116 cm³/mol. The summed E-state index contributed by atoms with van der Waals surface area (Å²) in [5.74, 6) is 1.93. The molecule has 2 aliphatic rings. The molecule has 0 radical (unpaired) electrons. The standard InChI is InChI=1S/C24H28N4O/c1-26-22-8-3-2-7-21(22)25-24(26)19-6-4-14-27(17-19)16-18-10-12-20(13-11-18)28-15-5-9-23(28)29/h2-3,7-8,10-13,19H,4-6,9,14-17H2,1H3. The van der Waals surface area contributed by atoms with Crippen molar-refractivity contribution in [1.29, 1.82) is 0 Å². The summed E-state index contributed by atoms with van der Waals surface area (Å²) in [6, 6.07) is 17.0. The Hall–Kier alpha value is -2.66. The summed E-state index contributed by atoms with van der Waals surface area (Å²) in [4.78, 5) is 21.3. The van der Waals surface area contributed by atoms with Crippen LogP contribution in [0.5, 0.6) is 0 Å². The zero-order valence-electron chi connectivity index (χ0n) is 17.1. The number of piperidine rings is 1. The van der Waals surface area contributed by atoms with Crippen LogP contribution < -0.4 is 4.90 Å². The number of anilines is 1. The van der Waals surface area contributed by atoms with Crippen LogP contribution in [0.4, 0.5) is 5.69 Å². The van der Waals surface area contributed by atoms with Gasteiger partial charge in [-0.1, -0.05) is 24.3 Å². The maximum atomic E-state index is 11.9. The molecule has 0 aliphatic carbocycles. The van der Waals surface area contributed by atoms with Gasteiger partial charge in [-0.15, -0.1) is 0 Å². The van der Waals surface area contributed by atoms with Crippen molar-refractivity contribution in [2.75, 3.05) is 24.5 Å². The van der Waals surface area contributed by atoms with Gasteiger partial charge in [0.1, 0.15) is 5.82 Å². The molecule has 1 atom stereocenters. The molecule has 3 heterocycles. The predicted octanol–water partition coefficient (Wildman–Crippen LogP) is 4.08. The van der Waals surface area contributed by atoms with Gasteiger partial charge < -0.3 is 9.47 Å². The lowest BCUT2D eigenvalue weighted by Gasteiger charge is -2.32. The summed E-state index contributed by atoms with van der Waals surface area (Å²) < 4.78 is 2.27. The van der Waals surface area contributed by atoms with E-state index >= 15 is 0 Å². The van der Waals surface area contributed by atoms with Crippen molar-refractivity contribution in [3.05, 3.63) is 59.9 Å². The number of aryl methyl sites for hydroxylation is 1. The smallest absolute Gasteiger partial charge is 0.227 e. The van der Waals surface area contributed by atoms with Gasteiger partial charge in [-0.2, -0.15) is 0 Å². The maximum Gasteiger partial charge on any atom is 0.227 e. The van der Waals surface area contributed by atoms with Crippen LogP contribution in [0.2, 0.25) is 0 Å². The van der Waals surface area contributed by atoms with E-state index in [0.29, 0.717) is 12.3 Å². The molecule has 2 fully saturated rings. The van der Waals surface area contributed by atoms with Gasteiger partial charge in [0.05, 0.1) is 11.0 Å². The van der Waals surface area contributed by atoms with Crippen LogP contribution in [0.15, 0.2) is 48.5 Å². The van der Waals surface area contributed by atoms with E-state index in [-0.39, 0.29) is 5.91 Å². The molecule has 2 aliphatic heterocycles. The Balaban J connectivity index is 1.28. The molecule has 5 heteroatoms. The number of para-hydroxylation sites is 2. The Morgan fingerprint density at radius 1 is 1.03 bits per heavy atom. The second-order valence-electron chi connectivity index (χ2n) is 8.41. The van der Waals surface area contributed by atoms with Crippen molar-refractivity contribution in [1.82, 2.24) is 14.5 Å². The number of hydrogen-bond acceptors (Lipinski definition) is 3. The molecule has 0 N–H and O–H groups in total. The molecule has 1 amide bonds. The van der Waals surface area contributed by atoms with Gasteiger partial charge in [0, 0.05) is 44.7 Å². The van der Waals surface area contributed by atoms with E-state index in [1.807, 2.05) is 4.90 Å². The van der Waals surface area contributed by atoms with Gasteiger partial charge in [0.25, 0.3) is 0 Å². The van der Waals surface area contributed by atoms with Crippen LogP contribution >= 0.6 is 0 Å². The minimum Gasteiger partial charge on any atom is -0.331 e. The minimum atomic E-state index is 0.249. The first-order valence-corrected chi connectivity index (χ1v) is 10.7. The van der Waals surface area contributed by atoms with E-state index in [1.165, 1.54) is 29.7 Å². The van der Waals surface area contributed by atoms with Crippen molar-refractivity contribution in [2.24, 2.45) is 7.05 Å². The molecule has 2 aromatic carbocycles. The molecule has 1 aromatic heterocycles. The number of likely N-dealkylation sites (tertiary alicyclic amines) is 1. The Morgan fingerprint density at radius 3 is 2.62 bits per heavy atom. The highest BCUT2D eigenvalue weighted by Gasteiger charge is 2.26. The van der Waals surface area contributed by atoms with Gasteiger partial charge in [0.2, 0.25) is 5.91 Å². The Bertz CT molecular complexity index is 1020. The van der Waals surface area contributed by atoms with Crippen LogP contribution in [0, 0.1) is 0 Å². The van der Waals surface area contributed by atoms with E-state index in [0.717, 1.165) is 43.8 Å². The molecule has 0 bridgehead atoms. The molecular weight excluding hydrogens is 360 g/mol. The normalized spacial score (nSPS) is 20.7. The average molecular weight is 389 g/mol. The quantitative estimate of drug-likeness (QED) is 0.676. The zero-order chi connectivity index (χ0) is 19.8. The van der Waals surface area contributed by atoms with Crippen molar-refractivity contribution in [3.63, 3.8) is 0 Å². The second-order valence-corrected chi connectivity index (χ2v) is 8.41. The van der Waals surface area contributed by atoms with E-state index in [2.05, 4.69) is 65.0 Å². The largest absolute Gasteiger partial charge is 0.331 e. The highest BCUT2D eigenvalue weighted by atomic mass is 16.2. The van der Waals surface area contributed by atoms with Crippen LogP contribution in [-0.2, 0) is 18.4 Å². The first-order chi connectivity index (χ1) is 14.2. The van der Waals surface area contributed by atoms with Gasteiger partial charge >= 0.3 is 0 Å². The molecule has 150 valence electrons. The lowest BCUT2D eigenvalue weighted by molar-refractivity contribution is -0.117. The Labute approximate surface area is 171 Å². The fourth-order valence-corrected chi connectivity index (χ4v) is 4.90. The van der Waals surface area contributed by atoms with E-state index < -0.39 is 0 Å². The monoisotopic (exact) mass is 388 g/mol. The van der Waals surface area contributed by atoms with Crippen molar-refractivity contribution in [3.8, 4) is 0 Å². The molecule has 2 saturated heterocycles. The number of rotatable bonds is 4. The lowest BCUT2D eigenvalue weighted by Crippen LogP contribution is -2.34. The third-order valence-corrected chi connectivity index (χ3v) is 6.42. The van der Waals surface area contributed by atoms with Crippen molar-refractivity contribution < 1.29 is 4.79 Å². The second kappa shape index (κ2) is 7.64. The molecule has 5 rings (SSSR count). The van der Waals surface area contributed by atoms with Gasteiger partial charge in [-0.3, -0.25) is 9.69 Å². The number of carbonyl (C=O) groups excluding carboxylic acids is 1. The van der Waals surface area contributed by atoms with Gasteiger partial charge in [-0.25, -0.2) is 4.98 Å². The van der Waals surface area contributed by atoms with E-state index in [4.69, 9.17) is 4.98 Å². The molecular formula is C24H28N4O. The summed E-state index contributed by atoms with van der Waals surface area (Å²) in [5.41, 5.74) is 4.65. The molecule has 0 spiro atoms. The van der Waals surface area contributed by atoms with Crippen LogP contribution in [-0.4, -0.2) is 40.0 Å². The summed E-state index contributed by atoms with van der Waals surface area (Å²) in [5, 5.41) is 0. The molecule has 0 saturated carbocycles. The summed E-state index contributed by atoms with van der Waals surface area (Å²) >= 11 is 0. The highest BCUT2D eigenvalue weighted by molar-refractivity contribution is 5.95. The van der Waals surface area contributed by atoms with Crippen molar-refractivity contribution >= 4 is 22.6 Å². The SMILES string of the molecule is Cn1c(C2CCCN(Cc3ccc(N4CCCC4=O)cc3)C2)nc2ccccc21. The summed E-state index contributed by atoms with van der Waals surface area (Å²) in [7, 11) is 2.14. The topological polar surface area (TPSA) is 41.4 Å². The Kier molecular flexibility index (Phi) is 4.84. The summed E-state index contributed by atoms with van der Waals surface area (Å²) in [6.45, 7) is 3.98. The van der Waals surface area contributed by atoms with Crippen LogP contribution in [0.3, 0.4) is 0 Å². The number of carbonyl (C=O) groups is 1.